The highest BCUT2D eigenvalue weighted by atomic mass is 16.5. The molecule has 0 fully saturated rings. The monoisotopic (exact) mass is 639 g/mol. The number of benzene rings is 5. The first kappa shape index (κ1) is 34.6. The zero-order valence-corrected chi connectivity index (χ0v) is 25.3. The lowest BCUT2D eigenvalue weighted by Crippen LogP contribution is -2.33. The number of nitriles is 2. The minimum absolute atomic E-state index is 0.0211. The molecule has 0 radical (unpaired) electrons. The lowest BCUT2D eigenvalue weighted by molar-refractivity contribution is 0.305. The van der Waals surface area contributed by atoms with Crippen molar-refractivity contribution in [1.82, 2.24) is 0 Å². The maximum absolute atomic E-state index is 9.60. The first-order valence-electron chi connectivity index (χ1n) is 14.3. The predicted octanol–water partition coefficient (Wildman–Crippen LogP) is 3.68. The van der Waals surface area contributed by atoms with Crippen LogP contribution in [0.15, 0.2) is 109 Å². The van der Waals surface area contributed by atoms with Gasteiger partial charge in [-0.2, -0.15) is 10.5 Å². The van der Waals surface area contributed by atoms with Crippen molar-refractivity contribution >= 4 is 30.8 Å². The van der Waals surface area contributed by atoms with Crippen LogP contribution in [-0.2, 0) is 13.2 Å². The van der Waals surface area contributed by atoms with Gasteiger partial charge < -0.3 is 39.4 Å². The van der Waals surface area contributed by atoms with Gasteiger partial charge in [-0.25, -0.2) is 4.85 Å². The molecule has 0 atom stereocenters. The Hall–Kier alpha value is -6.26. The molecule has 5 rings (SSSR count). The fourth-order valence-corrected chi connectivity index (χ4v) is 4.29. The van der Waals surface area contributed by atoms with Gasteiger partial charge in [-0.05, 0) is 107 Å². The first-order chi connectivity index (χ1) is 23.2. The number of rotatable bonds is 10. The number of ether oxygens (including phenoxy) is 3. The molecule has 5 aromatic rings. The Kier molecular flexibility index (Phi) is 12.2. The SMILES string of the molecule is N#Cc1ccc(OCc2cc(O)ccc2B(O)O)cc1.[C-]#[N+]c1ccc(Oc2ccc(B(O)O)c(COc3ccc(C#N)cc3)c2)cc1. The van der Waals surface area contributed by atoms with Crippen molar-refractivity contribution < 1.29 is 39.4 Å². The molecule has 5 N–H and O–H groups in total. The van der Waals surface area contributed by atoms with Crippen LogP contribution >= 0.6 is 0 Å². The van der Waals surface area contributed by atoms with Crippen molar-refractivity contribution in [3.05, 3.63) is 143 Å². The Balaban J connectivity index is 0.000000229. The summed E-state index contributed by atoms with van der Waals surface area (Å²) in [5.74, 6) is 2.18. The molecule has 0 bridgehead atoms. The maximum Gasteiger partial charge on any atom is 0.488 e. The second-order valence-electron chi connectivity index (χ2n) is 10.0. The third-order valence-corrected chi connectivity index (χ3v) is 6.75. The average molecular weight is 639 g/mol. The zero-order chi connectivity index (χ0) is 34.5. The molecule has 0 saturated heterocycles. The first-order valence-corrected chi connectivity index (χ1v) is 14.3. The molecule has 236 valence electrons. The highest BCUT2D eigenvalue weighted by molar-refractivity contribution is 6.59. The number of hydrogen-bond donors (Lipinski definition) is 5. The normalized spacial score (nSPS) is 9.85. The van der Waals surface area contributed by atoms with Crippen molar-refractivity contribution in [3.63, 3.8) is 0 Å². The Morgan fingerprint density at radius 2 is 1.02 bits per heavy atom. The van der Waals surface area contributed by atoms with Gasteiger partial charge in [-0.1, -0.05) is 24.3 Å². The van der Waals surface area contributed by atoms with Gasteiger partial charge in [0.25, 0.3) is 0 Å². The molecule has 5 aromatic carbocycles. The minimum Gasteiger partial charge on any atom is -0.508 e. The van der Waals surface area contributed by atoms with Crippen molar-refractivity contribution in [2.75, 3.05) is 0 Å². The standard InChI is InChI=1S/C21H15BN2O4.C14H12BNO4/c1-24-17-4-8-19(9-5-17)28-20-10-11-21(22(25)26)16(12-20)14-27-18-6-2-15(13-23)3-7-18;16-8-10-1-4-13(5-2-10)20-9-11-7-12(17)3-6-14(11)15(18)19/h2-12,25-26H,14H2;1-7,17-19H,9H2. The van der Waals surface area contributed by atoms with Gasteiger partial charge in [0.05, 0.1) is 29.8 Å². The van der Waals surface area contributed by atoms with E-state index >= 15 is 0 Å². The van der Waals surface area contributed by atoms with E-state index in [0.29, 0.717) is 56.4 Å². The molecule has 13 heteroatoms. The number of phenolic OH excluding ortho intramolecular Hbond substituents is 1. The third-order valence-electron chi connectivity index (χ3n) is 6.75. The summed E-state index contributed by atoms with van der Waals surface area (Å²) in [4.78, 5) is 3.33. The van der Waals surface area contributed by atoms with Crippen LogP contribution in [0.3, 0.4) is 0 Å². The summed E-state index contributed by atoms with van der Waals surface area (Å²) in [6.45, 7) is 7.14. The lowest BCUT2D eigenvalue weighted by atomic mass is 9.77. The fraction of sp³-hybridized carbons (Fsp3) is 0.0571. The molecule has 0 aliphatic heterocycles. The van der Waals surface area contributed by atoms with Crippen molar-refractivity contribution in [3.8, 4) is 40.9 Å². The second kappa shape index (κ2) is 16.9. The molecule has 0 unspecified atom stereocenters. The van der Waals surface area contributed by atoms with Crippen LogP contribution in [-0.4, -0.2) is 39.4 Å². The van der Waals surface area contributed by atoms with E-state index in [-0.39, 0.29) is 24.4 Å². The summed E-state index contributed by atoms with van der Waals surface area (Å²) in [7, 11) is -3.28. The minimum atomic E-state index is -1.65. The van der Waals surface area contributed by atoms with Crippen LogP contribution in [0.2, 0.25) is 0 Å². The second-order valence-corrected chi connectivity index (χ2v) is 10.0. The summed E-state index contributed by atoms with van der Waals surface area (Å²) < 4.78 is 17.0. The number of nitrogens with zero attached hydrogens (tertiary/aromatic N) is 3. The van der Waals surface area contributed by atoms with Crippen LogP contribution in [0, 0.1) is 29.2 Å². The molecule has 0 aliphatic rings. The quantitative estimate of drug-likeness (QED) is 0.112. The van der Waals surface area contributed by atoms with Crippen molar-refractivity contribution in [2.24, 2.45) is 0 Å². The van der Waals surface area contributed by atoms with Crippen LogP contribution in [0.25, 0.3) is 4.85 Å². The van der Waals surface area contributed by atoms with E-state index in [2.05, 4.69) is 4.85 Å². The Morgan fingerprint density at radius 3 is 1.48 bits per heavy atom. The molecule has 48 heavy (non-hydrogen) atoms. The average Bonchev–Trinajstić information content (AvgIpc) is 3.10. The van der Waals surface area contributed by atoms with Crippen molar-refractivity contribution in [2.45, 2.75) is 13.2 Å². The predicted molar refractivity (Wildman–Crippen MR) is 178 cm³/mol. The highest BCUT2D eigenvalue weighted by Crippen LogP contribution is 2.25. The number of hydrogen-bond acceptors (Lipinski definition) is 10. The van der Waals surface area contributed by atoms with Gasteiger partial charge in [0.15, 0.2) is 5.69 Å². The molecular weight excluding hydrogens is 612 g/mol. The fourth-order valence-electron chi connectivity index (χ4n) is 4.29. The van der Waals surface area contributed by atoms with Crippen LogP contribution in [0.5, 0.6) is 28.7 Å². The third kappa shape index (κ3) is 9.87. The molecule has 0 aromatic heterocycles. The van der Waals surface area contributed by atoms with E-state index in [4.69, 9.17) is 31.3 Å². The summed E-state index contributed by atoms with van der Waals surface area (Å²) in [5.41, 5.74) is 3.18. The lowest BCUT2D eigenvalue weighted by Gasteiger charge is -2.13. The Morgan fingerprint density at radius 1 is 0.583 bits per heavy atom. The molecular formula is C35H27B2N3O8. The van der Waals surface area contributed by atoms with E-state index < -0.39 is 14.2 Å². The van der Waals surface area contributed by atoms with Crippen molar-refractivity contribution in [1.29, 1.82) is 10.5 Å². The van der Waals surface area contributed by atoms with E-state index in [9.17, 15) is 25.2 Å². The van der Waals surface area contributed by atoms with Gasteiger partial charge in [-0.3, -0.25) is 0 Å². The highest BCUT2D eigenvalue weighted by Gasteiger charge is 2.18. The molecule has 0 spiro atoms. The molecule has 0 saturated carbocycles. The Labute approximate surface area is 277 Å². The van der Waals surface area contributed by atoms with Crippen LogP contribution in [0.4, 0.5) is 5.69 Å². The van der Waals surface area contributed by atoms with E-state index in [1.54, 1.807) is 91.0 Å². The smallest absolute Gasteiger partial charge is 0.488 e. The van der Waals surface area contributed by atoms with Gasteiger partial charge in [0, 0.05) is 0 Å². The van der Waals surface area contributed by atoms with E-state index in [0.717, 1.165) is 0 Å². The number of phenols is 1. The summed E-state index contributed by atoms with van der Waals surface area (Å²) in [6.07, 6.45) is 0. The molecule has 11 nitrogen and oxygen atoms in total. The molecule has 0 heterocycles. The summed E-state index contributed by atoms with van der Waals surface area (Å²) >= 11 is 0. The summed E-state index contributed by atoms with van der Waals surface area (Å²) in [5, 5.41) is 64.7. The van der Waals surface area contributed by atoms with Gasteiger partial charge in [-0.15, -0.1) is 0 Å². The molecule has 0 aliphatic carbocycles. The number of aromatic hydroxyl groups is 1. The van der Waals surface area contributed by atoms with Crippen LogP contribution < -0.4 is 25.1 Å². The van der Waals surface area contributed by atoms with Crippen LogP contribution in [0.1, 0.15) is 22.3 Å². The topological polar surface area (TPSA) is 181 Å². The van der Waals surface area contributed by atoms with Gasteiger partial charge in [0.2, 0.25) is 0 Å². The Bertz CT molecular complexity index is 1950. The van der Waals surface area contributed by atoms with Gasteiger partial charge in [0.1, 0.15) is 42.0 Å². The zero-order valence-electron chi connectivity index (χ0n) is 25.3. The molecule has 0 amide bonds. The van der Waals surface area contributed by atoms with E-state index in [1.165, 1.54) is 18.2 Å². The van der Waals surface area contributed by atoms with E-state index in [1.807, 2.05) is 12.1 Å². The largest absolute Gasteiger partial charge is 0.508 e. The summed E-state index contributed by atoms with van der Waals surface area (Å²) in [6, 6.07) is 33.0. The van der Waals surface area contributed by atoms with Gasteiger partial charge >= 0.3 is 14.2 Å². The maximum atomic E-state index is 9.60.